The fourth-order valence-electron chi connectivity index (χ4n) is 2.89. The quantitative estimate of drug-likeness (QED) is 0.769. The minimum absolute atomic E-state index is 0.121. The third-order valence-corrected chi connectivity index (χ3v) is 4.58. The topological polar surface area (TPSA) is 58.6 Å². The first-order valence-electron chi connectivity index (χ1n) is 9.92. The summed E-state index contributed by atoms with van der Waals surface area (Å²) < 4.78 is 5.74. The van der Waals surface area contributed by atoms with Gasteiger partial charge in [-0.05, 0) is 58.7 Å². The Balaban J connectivity index is 2.18. The molecule has 0 fully saturated rings. The second kappa shape index (κ2) is 9.59. The van der Waals surface area contributed by atoms with Crippen molar-refractivity contribution in [3.05, 3.63) is 65.2 Å². The summed E-state index contributed by atoms with van der Waals surface area (Å²) in [5.41, 5.74) is 2.70. The summed E-state index contributed by atoms with van der Waals surface area (Å²) in [5, 5.41) is 2.96. The van der Waals surface area contributed by atoms with Gasteiger partial charge in [-0.25, -0.2) is 0 Å². The van der Waals surface area contributed by atoms with Crippen LogP contribution in [0.25, 0.3) is 0 Å². The van der Waals surface area contributed by atoms with Crippen molar-refractivity contribution in [2.75, 3.05) is 6.61 Å². The summed E-state index contributed by atoms with van der Waals surface area (Å²) >= 11 is 0. The maximum Gasteiger partial charge on any atom is 0.261 e. The van der Waals surface area contributed by atoms with Crippen molar-refractivity contribution in [2.45, 2.75) is 59.7 Å². The monoisotopic (exact) mass is 396 g/mol. The molecule has 0 radical (unpaired) electrons. The lowest BCUT2D eigenvalue weighted by Crippen LogP contribution is -2.53. The number of carbonyl (C=O) groups excluding carboxylic acids is 2. The number of amides is 2. The lowest BCUT2D eigenvalue weighted by molar-refractivity contribution is -0.142. The van der Waals surface area contributed by atoms with Crippen LogP contribution in [0.1, 0.15) is 44.4 Å². The van der Waals surface area contributed by atoms with E-state index in [1.54, 1.807) is 11.8 Å². The molecule has 1 N–H and O–H groups in total. The Hall–Kier alpha value is -2.82. The highest BCUT2D eigenvalue weighted by molar-refractivity contribution is 5.88. The van der Waals surface area contributed by atoms with Gasteiger partial charge in [-0.3, -0.25) is 9.59 Å². The van der Waals surface area contributed by atoms with Gasteiger partial charge in [0.25, 0.3) is 5.91 Å². The number of hydrogen-bond donors (Lipinski definition) is 1. The Kier molecular flexibility index (Phi) is 7.43. The highest BCUT2D eigenvalue weighted by Gasteiger charge is 2.28. The van der Waals surface area contributed by atoms with E-state index in [9.17, 15) is 9.59 Å². The molecule has 29 heavy (non-hydrogen) atoms. The molecule has 2 amide bonds. The SMILES string of the molecule is Cc1ccc(CN(C(=O)COc2ccccc2C)[C@@H](C)C(=O)NC(C)(C)C)cc1. The normalized spacial score (nSPS) is 12.2. The number of para-hydroxylation sites is 1. The summed E-state index contributed by atoms with van der Waals surface area (Å²) in [4.78, 5) is 27.3. The molecule has 2 aromatic carbocycles. The fourth-order valence-corrected chi connectivity index (χ4v) is 2.89. The third kappa shape index (κ3) is 6.93. The van der Waals surface area contributed by atoms with Crippen LogP contribution in [0.2, 0.25) is 0 Å². The van der Waals surface area contributed by atoms with Crippen molar-refractivity contribution >= 4 is 11.8 Å². The molecule has 156 valence electrons. The molecule has 0 aliphatic heterocycles. The van der Waals surface area contributed by atoms with E-state index >= 15 is 0 Å². The molecule has 0 saturated heterocycles. The molecule has 0 unspecified atom stereocenters. The van der Waals surface area contributed by atoms with Crippen LogP contribution in [0, 0.1) is 13.8 Å². The molecule has 0 saturated carbocycles. The molecule has 0 aromatic heterocycles. The third-order valence-electron chi connectivity index (χ3n) is 4.58. The summed E-state index contributed by atoms with van der Waals surface area (Å²) in [6, 6.07) is 14.9. The second-order valence-corrected chi connectivity index (χ2v) is 8.48. The Morgan fingerprint density at radius 3 is 2.24 bits per heavy atom. The average Bonchev–Trinajstić information content (AvgIpc) is 2.64. The number of rotatable bonds is 7. The molecule has 2 rings (SSSR count). The van der Waals surface area contributed by atoms with Crippen LogP contribution in [-0.2, 0) is 16.1 Å². The first-order chi connectivity index (χ1) is 13.6. The maximum absolute atomic E-state index is 13.0. The minimum Gasteiger partial charge on any atom is -0.484 e. The van der Waals surface area contributed by atoms with Gasteiger partial charge in [0.05, 0.1) is 0 Å². The van der Waals surface area contributed by atoms with E-state index < -0.39 is 6.04 Å². The molecule has 1 atom stereocenters. The maximum atomic E-state index is 13.0. The van der Waals surface area contributed by atoms with Crippen molar-refractivity contribution in [3.8, 4) is 5.75 Å². The first kappa shape index (κ1) is 22.5. The number of hydrogen-bond acceptors (Lipinski definition) is 3. The van der Waals surface area contributed by atoms with E-state index in [-0.39, 0.29) is 24.0 Å². The standard InChI is InChI=1S/C24H32N2O3/c1-17-11-13-20(14-12-17)15-26(19(3)23(28)25-24(4,5)6)22(27)16-29-21-10-8-7-9-18(21)2/h7-14,19H,15-16H2,1-6H3,(H,25,28)/t19-/m0/s1. The summed E-state index contributed by atoms with van der Waals surface area (Å²) in [5.74, 6) is 0.252. The van der Waals surface area contributed by atoms with Gasteiger partial charge in [-0.2, -0.15) is 0 Å². The predicted octanol–water partition coefficient (Wildman–Crippen LogP) is 4.01. The van der Waals surface area contributed by atoms with Gasteiger partial charge in [0.2, 0.25) is 5.91 Å². The van der Waals surface area contributed by atoms with Crippen LogP contribution in [0.15, 0.2) is 48.5 Å². The van der Waals surface area contributed by atoms with Crippen LogP contribution in [0.3, 0.4) is 0 Å². The zero-order valence-electron chi connectivity index (χ0n) is 18.3. The smallest absolute Gasteiger partial charge is 0.261 e. The van der Waals surface area contributed by atoms with E-state index in [0.717, 1.165) is 16.7 Å². The average molecular weight is 397 g/mol. The van der Waals surface area contributed by atoms with Gasteiger partial charge in [0.15, 0.2) is 6.61 Å². The van der Waals surface area contributed by atoms with Crippen LogP contribution in [-0.4, -0.2) is 34.9 Å². The zero-order valence-corrected chi connectivity index (χ0v) is 18.3. The largest absolute Gasteiger partial charge is 0.484 e. The highest BCUT2D eigenvalue weighted by atomic mass is 16.5. The van der Waals surface area contributed by atoms with Crippen molar-refractivity contribution in [1.29, 1.82) is 0 Å². The zero-order chi connectivity index (χ0) is 21.6. The van der Waals surface area contributed by atoms with Crippen LogP contribution < -0.4 is 10.1 Å². The fraction of sp³-hybridized carbons (Fsp3) is 0.417. The van der Waals surface area contributed by atoms with Gasteiger partial charge in [0.1, 0.15) is 11.8 Å². The summed E-state index contributed by atoms with van der Waals surface area (Å²) in [6.45, 7) is 11.7. The van der Waals surface area contributed by atoms with Crippen LogP contribution in [0.5, 0.6) is 5.75 Å². The van der Waals surface area contributed by atoms with Crippen molar-refractivity contribution in [3.63, 3.8) is 0 Å². The van der Waals surface area contributed by atoms with Gasteiger partial charge in [-0.1, -0.05) is 48.0 Å². The van der Waals surface area contributed by atoms with Crippen LogP contribution >= 0.6 is 0 Å². The van der Waals surface area contributed by atoms with Gasteiger partial charge >= 0.3 is 0 Å². The Labute approximate surface area is 174 Å². The molecule has 5 heteroatoms. The van der Waals surface area contributed by atoms with Crippen molar-refractivity contribution in [1.82, 2.24) is 10.2 Å². The second-order valence-electron chi connectivity index (χ2n) is 8.48. The summed E-state index contributed by atoms with van der Waals surface area (Å²) in [7, 11) is 0. The van der Waals surface area contributed by atoms with E-state index in [1.807, 2.05) is 83.1 Å². The first-order valence-corrected chi connectivity index (χ1v) is 9.92. The van der Waals surface area contributed by atoms with Gasteiger partial charge in [0, 0.05) is 12.1 Å². The van der Waals surface area contributed by atoms with E-state index in [1.165, 1.54) is 0 Å². The predicted molar refractivity (Wildman–Crippen MR) is 116 cm³/mol. The number of aryl methyl sites for hydroxylation is 2. The molecule has 0 heterocycles. The van der Waals surface area contributed by atoms with Crippen molar-refractivity contribution < 1.29 is 14.3 Å². The van der Waals surface area contributed by atoms with E-state index in [0.29, 0.717) is 12.3 Å². The lowest BCUT2D eigenvalue weighted by atomic mass is 10.1. The number of nitrogens with zero attached hydrogens (tertiary/aromatic N) is 1. The lowest BCUT2D eigenvalue weighted by Gasteiger charge is -2.31. The molecule has 0 aliphatic rings. The Morgan fingerprint density at radius 1 is 1.03 bits per heavy atom. The molecule has 0 aliphatic carbocycles. The molecule has 0 bridgehead atoms. The minimum atomic E-state index is -0.622. The number of carbonyl (C=O) groups is 2. The Morgan fingerprint density at radius 2 is 1.66 bits per heavy atom. The number of ether oxygens (including phenoxy) is 1. The highest BCUT2D eigenvalue weighted by Crippen LogP contribution is 2.17. The summed E-state index contributed by atoms with van der Waals surface area (Å²) in [6.07, 6.45) is 0. The number of benzene rings is 2. The Bertz CT molecular complexity index is 838. The van der Waals surface area contributed by atoms with E-state index in [2.05, 4.69) is 5.32 Å². The van der Waals surface area contributed by atoms with E-state index in [4.69, 9.17) is 4.74 Å². The number of nitrogens with one attached hydrogen (secondary N) is 1. The van der Waals surface area contributed by atoms with Crippen LogP contribution in [0.4, 0.5) is 0 Å². The van der Waals surface area contributed by atoms with Gasteiger partial charge < -0.3 is 15.0 Å². The molecular weight excluding hydrogens is 364 g/mol. The molecule has 2 aromatic rings. The molecule has 5 nitrogen and oxygen atoms in total. The molecular formula is C24H32N2O3. The molecule has 0 spiro atoms. The van der Waals surface area contributed by atoms with Crippen molar-refractivity contribution in [2.24, 2.45) is 0 Å². The van der Waals surface area contributed by atoms with Gasteiger partial charge in [-0.15, -0.1) is 0 Å².